The van der Waals surface area contributed by atoms with E-state index in [0.717, 1.165) is 41.2 Å². The second kappa shape index (κ2) is 12.6. The molecule has 42 heavy (non-hydrogen) atoms. The van der Waals surface area contributed by atoms with Crippen molar-refractivity contribution in [1.82, 2.24) is 15.2 Å². The molecule has 2 atom stereocenters. The van der Waals surface area contributed by atoms with Gasteiger partial charge >= 0.3 is 13.3 Å². The van der Waals surface area contributed by atoms with Gasteiger partial charge < -0.3 is 20.0 Å². The number of aromatic nitrogens is 1. The highest BCUT2D eigenvalue weighted by Gasteiger charge is 2.50. The van der Waals surface area contributed by atoms with Gasteiger partial charge in [0.15, 0.2) is 0 Å². The summed E-state index contributed by atoms with van der Waals surface area (Å²) in [6.45, 7) is 6.16. The van der Waals surface area contributed by atoms with Gasteiger partial charge in [0.05, 0.1) is 11.7 Å². The summed E-state index contributed by atoms with van der Waals surface area (Å²) in [6, 6.07) is 13.3. The maximum absolute atomic E-state index is 13.9. The predicted molar refractivity (Wildman–Crippen MR) is 158 cm³/mol. The molecule has 3 aromatic rings. The zero-order valence-corrected chi connectivity index (χ0v) is 25.2. The largest absolute Gasteiger partial charge is 0.399 e. The predicted octanol–water partition coefficient (Wildman–Crippen LogP) is 5.87. The third-order valence-corrected chi connectivity index (χ3v) is 9.05. The van der Waals surface area contributed by atoms with Crippen LogP contribution in [-0.4, -0.2) is 44.1 Å². The van der Waals surface area contributed by atoms with Gasteiger partial charge in [-0.15, -0.1) is 11.3 Å². The highest BCUT2D eigenvalue weighted by atomic mass is 32.1. The number of benzene rings is 2. The van der Waals surface area contributed by atoms with Crippen molar-refractivity contribution in [3.05, 3.63) is 93.4 Å². The number of nitrogens with one attached hydrogen (secondary N) is 1. The second-order valence-electron chi connectivity index (χ2n) is 11.4. The first kappa shape index (κ1) is 31.7. The van der Waals surface area contributed by atoms with Crippen LogP contribution in [0.25, 0.3) is 6.08 Å². The van der Waals surface area contributed by atoms with Gasteiger partial charge in [0.25, 0.3) is 0 Å². The fourth-order valence-corrected chi connectivity index (χ4v) is 6.24. The Balaban J connectivity index is 1.44. The molecule has 1 aliphatic heterocycles. The van der Waals surface area contributed by atoms with Crippen LogP contribution in [0, 0.1) is 5.41 Å². The van der Waals surface area contributed by atoms with Crippen LogP contribution in [0.1, 0.15) is 67.0 Å². The fourth-order valence-electron chi connectivity index (χ4n) is 4.79. The van der Waals surface area contributed by atoms with Gasteiger partial charge in [-0.1, -0.05) is 75.4 Å². The lowest BCUT2D eigenvalue weighted by Gasteiger charge is -2.35. The summed E-state index contributed by atoms with van der Waals surface area (Å²) in [4.78, 5) is 51.2. The molecule has 1 aliphatic rings. The van der Waals surface area contributed by atoms with Crippen molar-refractivity contribution < 1.29 is 32.7 Å². The number of alkyl halides is 2. The van der Waals surface area contributed by atoms with Crippen molar-refractivity contribution in [3.63, 3.8) is 0 Å². The van der Waals surface area contributed by atoms with Crippen molar-refractivity contribution in [3.8, 4) is 0 Å². The molecule has 224 valence electrons. The van der Waals surface area contributed by atoms with E-state index in [-0.39, 0.29) is 11.9 Å². The van der Waals surface area contributed by atoms with Crippen LogP contribution in [0.3, 0.4) is 0 Å². The van der Waals surface area contributed by atoms with Gasteiger partial charge in [0, 0.05) is 30.0 Å². The molecule has 12 heteroatoms. The van der Waals surface area contributed by atoms with Crippen LogP contribution < -0.4 is 5.32 Å². The summed E-state index contributed by atoms with van der Waals surface area (Å²) in [6.07, 6.45) is 4.89. The summed E-state index contributed by atoms with van der Waals surface area (Å²) in [5, 5.41) is 5.71. The van der Waals surface area contributed by atoms with Crippen LogP contribution in [0.4, 0.5) is 8.78 Å². The number of likely N-dealkylation sites (tertiary alicyclic amines) is 1. The van der Waals surface area contributed by atoms with Gasteiger partial charge in [0.2, 0.25) is 11.8 Å². The zero-order valence-electron chi connectivity index (χ0n) is 23.5. The summed E-state index contributed by atoms with van der Waals surface area (Å²) in [7, 11) is -5.68. The fraction of sp³-hybridized carbons (Fsp3) is 0.367. The Morgan fingerprint density at radius 2 is 1.81 bits per heavy atom. The van der Waals surface area contributed by atoms with Gasteiger partial charge in [0.1, 0.15) is 11.0 Å². The molecule has 4 rings (SSSR count). The molecule has 0 radical (unpaired) electrons. The Labute approximate surface area is 247 Å². The summed E-state index contributed by atoms with van der Waals surface area (Å²) in [5.74, 6) is -0.737. The normalized spacial score (nSPS) is 17.0. The van der Waals surface area contributed by atoms with Crippen LogP contribution in [0.5, 0.6) is 0 Å². The number of carbonyl (C=O) groups is 2. The molecule has 8 nitrogen and oxygen atoms in total. The van der Waals surface area contributed by atoms with Gasteiger partial charge in [-0.25, -0.2) is 4.98 Å². The molecule has 3 N–H and O–H groups in total. The second-order valence-corrected chi connectivity index (χ2v) is 13.9. The van der Waals surface area contributed by atoms with Crippen LogP contribution in [0.15, 0.2) is 66.1 Å². The molecule has 0 aliphatic carbocycles. The van der Waals surface area contributed by atoms with E-state index in [2.05, 4.69) is 17.4 Å². The Hall–Kier alpha value is -3.24. The van der Waals surface area contributed by atoms with E-state index in [0.29, 0.717) is 18.5 Å². The number of carbonyl (C=O) groups excluding carboxylic acids is 2. The van der Waals surface area contributed by atoms with Crippen molar-refractivity contribution in [2.45, 2.75) is 57.8 Å². The average molecular weight is 618 g/mol. The maximum atomic E-state index is 13.9. The molecule has 2 heterocycles. The molecule has 0 spiro atoms. The summed E-state index contributed by atoms with van der Waals surface area (Å²) < 4.78 is 38.9. The lowest BCUT2D eigenvalue weighted by Crippen LogP contribution is -2.54. The first-order valence-electron chi connectivity index (χ1n) is 13.5. The maximum Gasteiger partial charge on any atom is 0.399 e. The minimum absolute atomic E-state index is 0.172. The third-order valence-electron chi connectivity index (χ3n) is 7.07. The van der Waals surface area contributed by atoms with Crippen LogP contribution >= 0.6 is 18.9 Å². The minimum Gasteiger partial charge on any atom is -0.340 e. The number of nitrogens with zero attached hydrogens (tertiary/aromatic N) is 2. The number of hydrogen-bond acceptors (Lipinski definition) is 5. The molecule has 2 aromatic carbocycles. The number of rotatable bonds is 9. The lowest BCUT2D eigenvalue weighted by atomic mass is 9.85. The van der Waals surface area contributed by atoms with Gasteiger partial charge in [-0.3, -0.25) is 14.2 Å². The molecule has 0 bridgehead atoms. The molecule has 1 saturated heterocycles. The third kappa shape index (κ3) is 7.39. The Bertz CT molecular complexity index is 1480. The van der Waals surface area contributed by atoms with E-state index < -0.39 is 36.2 Å². The molecular weight excluding hydrogens is 583 g/mol. The standard InChI is InChI=1S/C30H34F2N3O5PS/c1-29(2,3)26(34-25(36)16-13-20-11-14-22(15-12-20)30(31,32)41(38,39)40)28(37)35-17-7-10-24(35)27-33-23(19-42-27)18-21-8-5-4-6-9-21/h4-6,8-9,11-16,19,24,26H,7,10,17-18H2,1-3H3,(H,34,36)(H2,38,39,40)/b16-13+/t24-,26+/m0/s1. The number of halogens is 2. The Morgan fingerprint density at radius 3 is 2.43 bits per heavy atom. The van der Waals surface area contributed by atoms with E-state index in [1.807, 2.05) is 44.4 Å². The quantitative estimate of drug-likeness (QED) is 0.204. The molecule has 0 saturated carbocycles. The van der Waals surface area contributed by atoms with Gasteiger partial charge in [-0.05, 0) is 35.5 Å². The van der Waals surface area contributed by atoms with E-state index >= 15 is 0 Å². The molecule has 0 unspecified atom stereocenters. The summed E-state index contributed by atoms with van der Waals surface area (Å²) >= 11 is 1.54. The van der Waals surface area contributed by atoms with Crippen molar-refractivity contribution in [1.29, 1.82) is 0 Å². The number of thiazole rings is 1. The highest BCUT2D eigenvalue weighted by Crippen LogP contribution is 2.59. The summed E-state index contributed by atoms with van der Waals surface area (Å²) in [5.41, 5.74) is -3.28. The topological polar surface area (TPSA) is 120 Å². The Kier molecular flexibility index (Phi) is 9.47. The van der Waals surface area contributed by atoms with Crippen LogP contribution in [-0.2, 0) is 26.2 Å². The van der Waals surface area contributed by atoms with Crippen molar-refractivity contribution in [2.24, 2.45) is 5.41 Å². The SMILES string of the molecule is CC(C)(C)[C@H](NC(=O)/C=C/c1ccc(C(F)(F)P(=O)(O)O)cc1)C(=O)N1CCC[C@H]1c1nc(Cc2ccccc2)cs1. The Morgan fingerprint density at radius 1 is 1.14 bits per heavy atom. The van der Waals surface area contributed by atoms with Crippen molar-refractivity contribution in [2.75, 3.05) is 6.54 Å². The molecular formula is C30H34F2N3O5PS. The number of amides is 2. The first-order chi connectivity index (χ1) is 19.7. The first-order valence-corrected chi connectivity index (χ1v) is 16.0. The number of hydrogen-bond donors (Lipinski definition) is 3. The van der Waals surface area contributed by atoms with Gasteiger partial charge in [-0.2, -0.15) is 8.78 Å². The lowest BCUT2D eigenvalue weighted by molar-refractivity contribution is -0.139. The highest BCUT2D eigenvalue weighted by molar-refractivity contribution is 7.52. The van der Waals surface area contributed by atoms with E-state index in [1.165, 1.54) is 35.6 Å². The van der Waals surface area contributed by atoms with E-state index in [4.69, 9.17) is 14.8 Å². The smallest absolute Gasteiger partial charge is 0.340 e. The zero-order chi connectivity index (χ0) is 30.7. The molecule has 1 aromatic heterocycles. The monoisotopic (exact) mass is 617 g/mol. The minimum atomic E-state index is -5.68. The molecule has 1 fully saturated rings. The van der Waals surface area contributed by atoms with E-state index in [1.54, 1.807) is 4.90 Å². The van der Waals surface area contributed by atoms with Crippen LogP contribution in [0.2, 0.25) is 0 Å². The molecule has 2 amide bonds. The van der Waals surface area contributed by atoms with E-state index in [9.17, 15) is 22.9 Å². The van der Waals surface area contributed by atoms with Crippen molar-refractivity contribution >= 4 is 36.8 Å². The average Bonchev–Trinajstić information content (AvgIpc) is 3.59.